The maximum Gasteiger partial charge on any atom is 0.324 e. The van der Waals surface area contributed by atoms with Gasteiger partial charge in [0.25, 0.3) is 5.22 Å². The number of hydrogen-bond acceptors (Lipinski definition) is 8. The topological polar surface area (TPSA) is 103 Å². The SMILES string of the molecule is Cc1nn(C)c(Sc2nnc(CN3CCCC3)o2)c1[N+](=O)[O-]. The van der Waals surface area contributed by atoms with Crippen LogP contribution in [-0.2, 0) is 13.6 Å². The molecule has 9 nitrogen and oxygen atoms in total. The molecule has 2 aromatic heterocycles. The van der Waals surface area contributed by atoms with Crippen molar-refractivity contribution in [2.24, 2.45) is 7.05 Å². The second-order valence-electron chi connectivity index (χ2n) is 5.17. The lowest BCUT2D eigenvalue weighted by Gasteiger charge is -2.10. The van der Waals surface area contributed by atoms with Crippen molar-refractivity contribution in [2.45, 2.75) is 36.6 Å². The Morgan fingerprint density at radius 2 is 2.09 bits per heavy atom. The van der Waals surface area contributed by atoms with Crippen LogP contribution < -0.4 is 0 Å². The van der Waals surface area contributed by atoms with Gasteiger partial charge in [0, 0.05) is 7.05 Å². The quantitative estimate of drug-likeness (QED) is 0.605. The van der Waals surface area contributed by atoms with E-state index in [0.29, 0.717) is 28.4 Å². The molecule has 22 heavy (non-hydrogen) atoms. The van der Waals surface area contributed by atoms with Gasteiger partial charge in [0.15, 0.2) is 5.03 Å². The summed E-state index contributed by atoms with van der Waals surface area (Å²) in [6.45, 7) is 4.31. The lowest BCUT2D eigenvalue weighted by atomic mass is 10.4. The molecule has 1 aliphatic heterocycles. The predicted molar refractivity (Wildman–Crippen MR) is 77.5 cm³/mol. The maximum atomic E-state index is 11.1. The number of rotatable bonds is 5. The number of nitro groups is 1. The first-order valence-electron chi connectivity index (χ1n) is 6.95. The van der Waals surface area contributed by atoms with E-state index >= 15 is 0 Å². The van der Waals surface area contributed by atoms with Gasteiger partial charge in [-0.2, -0.15) is 5.10 Å². The van der Waals surface area contributed by atoms with E-state index in [2.05, 4.69) is 20.2 Å². The number of aryl methyl sites for hydroxylation is 2. The first kappa shape index (κ1) is 15.0. The highest BCUT2D eigenvalue weighted by molar-refractivity contribution is 7.99. The monoisotopic (exact) mass is 324 g/mol. The Morgan fingerprint density at radius 1 is 1.36 bits per heavy atom. The third-order valence-electron chi connectivity index (χ3n) is 3.51. The molecule has 1 saturated heterocycles. The van der Waals surface area contributed by atoms with Crippen LogP contribution in [0.3, 0.4) is 0 Å². The molecule has 1 fully saturated rings. The van der Waals surface area contributed by atoms with Crippen molar-refractivity contribution >= 4 is 17.4 Å². The Balaban J connectivity index is 1.76. The van der Waals surface area contributed by atoms with Gasteiger partial charge >= 0.3 is 5.69 Å². The Morgan fingerprint density at radius 3 is 2.77 bits per heavy atom. The highest BCUT2D eigenvalue weighted by atomic mass is 32.2. The summed E-state index contributed by atoms with van der Waals surface area (Å²) in [5.74, 6) is 0.533. The third-order valence-corrected chi connectivity index (χ3v) is 4.50. The molecular formula is C12H16N6O3S. The molecule has 3 rings (SSSR count). The molecule has 0 aromatic carbocycles. The molecule has 0 saturated carbocycles. The summed E-state index contributed by atoms with van der Waals surface area (Å²) in [6, 6.07) is 0. The number of hydrogen-bond donors (Lipinski definition) is 0. The zero-order chi connectivity index (χ0) is 15.7. The minimum absolute atomic E-state index is 0.0215. The molecule has 0 amide bonds. The van der Waals surface area contributed by atoms with Gasteiger partial charge in [-0.3, -0.25) is 19.7 Å². The largest absolute Gasteiger partial charge is 0.414 e. The second-order valence-corrected chi connectivity index (χ2v) is 6.11. The lowest BCUT2D eigenvalue weighted by Crippen LogP contribution is -2.18. The number of aromatic nitrogens is 4. The molecule has 0 aliphatic carbocycles. The summed E-state index contributed by atoms with van der Waals surface area (Å²) in [5.41, 5.74) is 0.346. The van der Waals surface area contributed by atoms with Gasteiger partial charge in [-0.1, -0.05) is 0 Å². The Bertz CT molecular complexity index is 691. The van der Waals surface area contributed by atoms with Gasteiger partial charge < -0.3 is 4.42 Å². The molecular weight excluding hydrogens is 308 g/mol. The van der Waals surface area contributed by atoms with E-state index in [1.807, 2.05) is 0 Å². The summed E-state index contributed by atoms with van der Waals surface area (Å²) in [6.07, 6.45) is 2.38. The van der Waals surface area contributed by atoms with Crippen molar-refractivity contribution in [1.29, 1.82) is 0 Å². The van der Waals surface area contributed by atoms with Crippen LogP contribution in [0.5, 0.6) is 0 Å². The van der Waals surface area contributed by atoms with E-state index in [1.165, 1.54) is 17.5 Å². The van der Waals surface area contributed by atoms with Gasteiger partial charge in [0.2, 0.25) is 5.89 Å². The van der Waals surface area contributed by atoms with Gasteiger partial charge in [0.05, 0.1) is 11.5 Å². The fourth-order valence-electron chi connectivity index (χ4n) is 2.51. The van der Waals surface area contributed by atoms with Crippen LogP contribution >= 0.6 is 11.8 Å². The summed E-state index contributed by atoms with van der Waals surface area (Å²) in [4.78, 5) is 13.0. The van der Waals surface area contributed by atoms with Crippen molar-refractivity contribution in [3.8, 4) is 0 Å². The van der Waals surface area contributed by atoms with Crippen molar-refractivity contribution in [3.63, 3.8) is 0 Å². The van der Waals surface area contributed by atoms with Crippen molar-refractivity contribution in [1.82, 2.24) is 24.9 Å². The van der Waals surface area contributed by atoms with E-state index in [4.69, 9.17) is 4.42 Å². The first-order chi connectivity index (χ1) is 10.5. The average molecular weight is 324 g/mol. The normalized spacial score (nSPS) is 15.5. The lowest BCUT2D eigenvalue weighted by molar-refractivity contribution is -0.388. The van der Waals surface area contributed by atoms with Crippen LogP contribution in [0.25, 0.3) is 0 Å². The van der Waals surface area contributed by atoms with Crippen LogP contribution in [0.15, 0.2) is 14.7 Å². The van der Waals surface area contributed by atoms with Gasteiger partial charge in [-0.25, -0.2) is 0 Å². The van der Waals surface area contributed by atoms with E-state index in [-0.39, 0.29) is 5.69 Å². The van der Waals surface area contributed by atoms with Crippen LogP contribution in [0.1, 0.15) is 24.4 Å². The average Bonchev–Trinajstić information content (AvgIpc) is 3.14. The number of likely N-dealkylation sites (tertiary alicyclic amines) is 1. The van der Waals surface area contributed by atoms with Gasteiger partial charge in [-0.05, 0) is 44.6 Å². The highest BCUT2D eigenvalue weighted by Gasteiger charge is 2.26. The third kappa shape index (κ3) is 2.97. The minimum atomic E-state index is -0.438. The highest BCUT2D eigenvalue weighted by Crippen LogP contribution is 2.35. The summed E-state index contributed by atoms with van der Waals surface area (Å²) in [5, 5.41) is 23.9. The maximum absolute atomic E-state index is 11.1. The van der Waals surface area contributed by atoms with E-state index < -0.39 is 4.92 Å². The van der Waals surface area contributed by atoms with E-state index in [0.717, 1.165) is 24.9 Å². The molecule has 10 heteroatoms. The first-order valence-corrected chi connectivity index (χ1v) is 7.77. The molecule has 2 aromatic rings. The van der Waals surface area contributed by atoms with Crippen molar-refractivity contribution < 1.29 is 9.34 Å². The summed E-state index contributed by atoms with van der Waals surface area (Å²) >= 11 is 1.07. The summed E-state index contributed by atoms with van der Waals surface area (Å²) < 4.78 is 7.04. The standard InChI is InChI=1S/C12H16N6O3S/c1-8-10(18(19)20)11(16(2)15-8)22-12-14-13-9(21-12)7-17-5-3-4-6-17/h3-7H2,1-2H3. The van der Waals surface area contributed by atoms with Crippen LogP contribution in [0.4, 0.5) is 5.69 Å². The smallest absolute Gasteiger partial charge is 0.324 e. The van der Waals surface area contributed by atoms with Gasteiger partial charge in [-0.15, -0.1) is 10.2 Å². The Hall–Kier alpha value is -1.94. The molecule has 0 N–H and O–H groups in total. The fourth-order valence-corrected chi connectivity index (χ4v) is 3.39. The van der Waals surface area contributed by atoms with Gasteiger partial charge in [0.1, 0.15) is 5.69 Å². The predicted octanol–water partition coefficient (Wildman–Crippen LogP) is 1.77. The molecule has 0 bridgehead atoms. The van der Waals surface area contributed by atoms with Crippen molar-refractivity contribution in [3.05, 3.63) is 21.7 Å². The zero-order valence-electron chi connectivity index (χ0n) is 12.4. The Labute approximate surface area is 130 Å². The van der Waals surface area contributed by atoms with Crippen LogP contribution in [0, 0.1) is 17.0 Å². The molecule has 0 atom stereocenters. The zero-order valence-corrected chi connectivity index (χ0v) is 13.2. The van der Waals surface area contributed by atoms with Crippen LogP contribution in [0.2, 0.25) is 0 Å². The Kier molecular flexibility index (Phi) is 4.12. The van der Waals surface area contributed by atoms with Crippen molar-refractivity contribution in [2.75, 3.05) is 13.1 Å². The molecule has 0 radical (unpaired) electrons. The molecule has 3 heterocycles. The number of nitrogens with zero attached hydrogens (tertiary/aromatic N) is 6. The molecule has 0 unspecified atom stereocenters. The second kappa shape index (κ2) is 6.05. The molecule has 0 spiro atoms. The fraction of sp³-hybridized carbons (Fsp3) is 0.583. The van der Waals surface area contributed by atoms with E-state index in [1.54, 1.807) is 14.0 Å². The van der Waals surface area contributed by atoms with E-state index in [9.17, 15) is 10.1 Å². The summed E-state index contributed by atoms with van der Waals surface area (Å²) in [7, 11) is 1.66. The molecule has 118 valence electrons. The van der Waals surface area contributed by atoms with Crippen LogP contribution in [-0.4, -0.2) is 42.9 Å². The minimum Gasteiger partial charge on any atom is -0.414 e. The molecule has 1 aliphatic rings.